The minimum Gasteiger partial charge on any atom is -0.466 e. The van der Waals surface area contributed by atoms with E-state index in [0.29, 0.717) is 6.61 Å². The van der Waals surface area contributed by atoms with E-state index in [9.17, 15) is 4.79 Å². The van der Waals surface area contributed by atoms with Crippen LogP contribution in [0.15, 0.2) is 0 Å². The van der Waals surface area contributed by atoms with Gasteiger partial charge in [-0.05, 0) is 6.42 Å². The van der Waals surface area contributed by atoms with Crippen molar-refractivity contribution in [2.45, 2.75) is 84.5 Å². The van der Waals surface area contributed by atoms with E-state index in [2.05, 4.69) is 6.92 Å². The molecule has 0 rings (SSSR count). The van der Waals surface area contributed by atoms with E-state index in [1.165, 1.54) is 71.1 Å². The van der Waals surface area contributed by atoms with Gasteiger partial charge in [0.15, 0.2) is 0 Å². The van der Waals surface area contributed by atoms with Crippen molar-refractivity contribution >= 4 is 35.5 Å². The number of ether oxygens (including phenoxy) is 1. The fourth-order valence-corrected chi connectivity index (χ4v) is 1.98. The second-order valence-corrected chi connectivity index (χ2v) is 4.88. The summed E-state index contributed by atoms with van der Waals surface area (Å²) in [4.78, 5) is 10.5. The standard InChI is InChI=1S/C15H30O2.Na/c1-3-4-5-6-7-8-9-10-11-12-13-14-17-15(2)16;/h3-14H2,1-2H3;. The zero-order valence-corrected chi connectivity index (χ0v) is 14.8. The van der Waals surface area contributed by atoms with Crippen LogP contribution in [0.1, 0.15) is 84.5 Å². The van der Waals surface area contributed by atoms with Gasteiger partial charge in [0.2, 0.25) is 0 Å². The Labute approximate surface area is 136 Å². The largest absolute Gasteiger partial charge is 0.466 e. The van der Waals surface area contributed by atoms with Crippen LogP contribution in [0.3, 0.4) is 0 Å². The Morgan fingerprint density at radius 2 is 1.17 bits per heavy atom. The maximum atomic E-state index is 10.5. The van der Waals surface area contributed by atoms with E-state index < -0.39 is 0 Å². The molecule has 0 aliphatic heterocycles. The first kappa shape index (κ1) is 20.8. The fourth-order valence-electron chi connectivity index (χ4n) is 1.98. The normalized spacial score (nSPS) is 9.89. The number of carbonyl (C=O) groups excluding carboxylic acids is 1. The molecule has 0 aromatic heterocycles. The quantitative estimate of drug-likeness (QED) is 0.295. The van der Waals surface area contributed by atoms with Crippen molar-refractivity contribution in [1.82, 2.24) is 0 Å². The van der Waals surface area contributed by atoms with Crippen LogP contribution in [0.4, 0.5) is 0 Å². The van der Waals surface area contributed by atoms with Crippen molar-refractivity contribution < 1.29 is 9.53 Å². The first-order valence-electron chi connectivity index (χ1n) is 7.40. The molecule has 0 aliphatic rings. The SMILES string of the molecule is CCCCCCCCCCCCCOC(C)=O.[Na]. The van der Waals surface area contributed by atoms with Crippen molar-refractivity contribution in [2.75, 3.05) is 6.61 Å². The molecule has 0 fully saturated rings. The summed E-state index contributed by atoms with van der Waals surface area (Å²) in [5.41, 5.74) is 0. The summed E-state index contributed by atoms with van der Waals surface area (Å²) in [7, 11) is 0. The molecule has 0 amide bonds. The molecule has 0 spiro atoms. The van der Waals surface area contributed by atoms with Crippen molar-refractivity contribution in [1.29, 1.82) is 0 Å². The van der Waals surface area contributed by atoms with Crippen LogP contribution >= 0.6 is 0 Å². The molecule has 0 atom stereocenters. The van der Waals surface area contributed by atoms with Crippen molar-refractivity contribution in [3.05, 3.63) is 0 Å². The zero-order chi connectivity index (χ0) is 12.8. The minimum atomic E-state index is -0.155. The third-order valence-corrected chi connectivity index (χ3v) is 3.05. The molecule has 3 heteroatoms. The Bertz CT molecular complexity index is 172. The third-order valence-electron chi connectivity index (χ3n) is 3.05. The second kappa shape index (κ2) is 17.5. The summed E-state index contributed by atoms with van der Waals surface area (Å²) in [6.07, 6.45) is 14.6. The smallest absolute Gasteiger partial charge is 0.302 e. The van der Waals surface area contributed by atoms with Crippen molar-refractivity contribution in [2.24, 2.45) is 0 Å². The van der Waals surface area contributed by atoms with Gasteiger partial charge in [0.1, 0.15) is 0 Å². The van der Waals surface area contributed by atoms with Crippen LogP contribution in [-0.4, -0.2) is 42.1 Å². The number of carbonyl (C=O) groups is 1. The van der Waals surface area contributed by atoms with Gasteiger partial charge in [-0.2, -0.15) is 0 Å². The minimum absolute atomic E-state index is 0. The van der Waals surface area contributed by atoms with Crippen LogP contribution in [0.2, 0.25) is 0 Å². The van der Waals surface area contributed by atoms with Gasteiger partial charge in [-0.3, -0.25) is 4.79 Å². The predicted molar refractivity (Wildman–Crippen MR) is 78.8 cm³/mol. The molecule has 0 unspecified atom stereocenters. The maximum Gasteiger partial charge on any atom is 0.302 e. The van der Waals surface area contributed by atoms with Crippen LogP contribution in [-0.2, 0) is 9.53 Å². The zero-order valence-electron chi connectivity index (χ0n) is 12.8. The van der Waals surface area contributed by atoms with Gasteiger partial charge in [0.25, 0.3) is 0 Å². The maximum absolute atomic E-state index is 10.5. The molecule has 0 aromatic carbocycles. The van der Waals surface area contributed by atoms with Crippen LogP contribution < -0.4 is 0 Å². The number of rotatable bonds is 12. The van der Waals surface area contributed by atoms with Gasteiger partial charge in [0, 0.05) is 36.5 Å². The molecule has 0 aromatic rings. The molecule has 0 saturated heterocycles. The van der Waals surface area contributed by atoms with Gasteiger partial charge < -0.3 is 4.74 Å². The number of hydrogen-bond donors (Lipinski definition) is 0. The molecular weight excluding hydrogens is 235 g/mol. The fraction of sp³-hybridized carbons (Fsp3) is 0.933. The topological polar surface area (TPSA) is 26.3 Å². The van der Waals surface area contributed by atoms with Crippen molar-refractivity contribution in [3.63, 3.8) is 0 Å². The van der Waals surface area contributed by atoms with Gasteiger partial charge in [-0.25, -0.2) is 0 Å². The summed E-state index contributed by atoms with van der Waals surface area (Å²) in [6, 6.07) is 0. The summed E-state index contributed by atoms with van der Waals surface area (Å²) >= 11 is 0. The van der Waals surface area contributed by atoms with Crippen LogP contribution in [0, 0.1) is 0 Å². The predicted octanol–water partition coefficient (Wildman–Crippen LogP) is 4.48. The van der Waals surface area contributed by atoms with E-state index in [1.54, 1.807) is 0 Å². The van der Waals surface area contributed by atoms with Gasteiger partial charge >= 0.3 is 5.97 Å². The van der Waals surface area contributed by atoms with E-state index in [4.69, 9.17) is 4.74 Å². The summed E-state index contributed by atoms with van der Waals surface area (Å²) in [6.45, 7) is 4.33. The van der Waals surface area contributed by atoms with E-state index in [-0.39, 0.29) is 35.5 Å². The Hall–Kier alpha value is 0.470. The summed E-state index contributed by atoms with van der Waals surface area (Å²) < 4.78 is 4.89. The molecule has 0 bridgehead atoms. The van der Waals surface area contributed by atoms with E-state index in [1.807, 2.05) is 0 Å². The second-order valence-electron chi connectivity index (χ2n) is 4.88. The Kier molecular flexibility index (Phi) is 20.2. The first-order valence-corrected chi connectivity index (χ1v) is 7.40. The third kappa shape index (κ3) is 18.8. The number of esters is 1. The molecule has 103 valence electrons. The Morgan fingerprint density at radius 3 is 1.56 bits per heavy atom. The number of unbranched alkanes of at least 4 members (excludes halogenated alkanes) is 10. The molecule has 0 heterocycles. The van der Waals surface area contributed by atoms with Gasteiger partial charge in [-0.1, -0.05) is 71.1 Å². The van der Waals surface area contributed by atoms with E-state index >= 15 is 0 Å². The molecule has 0 N–H and O–H groups in total. The Balaban J connectivity index is 0. The molecule has 2 nitrogen and oxygen atoms in total. The average Bonchev–Trinajstić information content (AvgIpc) is 2.30. The van der Waals surface area contributed by atoms with Crippen LogP contribution in [0.5, 0.6) is 0 Å². The Morgan fingerprint density at radius 1 is 0.778 bits per heavy atom. The molecule has 0 saturated carbocycles. The molecule has 0 aliphatic carbocycles. The first-order chi connectivity index (χ1) is 8.27. The number of hydrogen-bond acceptors (Lipinski definition) is 2. The van der Waals surface area contributed by atoms with Crippen molar-refractivity contribution in [3.8, 4) is 0 Å². The molecule has 1 radical (unpaired) electrons. The average molecular weight is 265 g/mol. The van der Waals surface area contributed by atoms with Gasteiger partial charge in [0.05, 0.1) is 6.61 Å². The molecular formula is C15H30NaO2. The monoisotopic (exact) mass is 265 g/mol. The summed E-state index contributed by atoms with van der Waals surface area (Å²) in [5, 5.41) is 0. The summed E-state index contributed by atoms with van der Waals surface area (Å²) in [5.74, 6) is -0.155. The van der Waals surface area contributed by atoms with Gasteiger partial charge in [-0.15, -0.1) is 0 Å². The molecule has 18 heavy (non-hydrogen) atoms. The van der Waals surface area contributed by atoms with Crippen LogP contribution in [0.25, 0.3) is 0 Å². The van der Waals surface area contributed by atoms with E-state index in [0.717, 1.165) is 6.42 Å².